The number of halogens is 1. The van der Waals surface area contributed by atoms with Crippen LogP contribution >= 0.6 is 0 Å². The number of Topliss-reactive ketones (excluding diaryl/α,β-unsaturated/α-hetero) is 1. The first-order valence-corrected chi connectivity index (χ1v) is 5.71. The van der Waals surface area contributed by atoms with Crippen molar-refractivity contribution in [2.24, 2.45) is 0 Å². The van der Waals surface area contributed by atoms with Crippen LogP contribution in [0.2, 0.25) is 0 Å². The molecule has 1 rings (SSSR count). The number of ketones is 1. The summed E-state index contributed by atoms with van der Waals surface area (Å²) in [5.74, 6) is -0.286. The summed E-state index contributed by atoms with van der Waals surface area (Å²) < 4.78 is 24.3. The Morgan fingerprint density at radius 3 is 2.56 bits per heavy atom. The minimum atomic E-state index is -0.605. The first-order chi connectivity index (χ1) is 8.49. The second-order valence-corrected chi connectivity index (χ2v) is 4.10. The average Bonchev–Trinajstić information content (AvgIpc) is 2.28. The van der Waals surface area contributed by atoms with E-state index in [9.17, 15) is 9.18 Å². The highest BCUT2D eigenvalue weighted by molar-refractivity contribution is 5.98. The molecule has 0 bridgehead atoms. The molecule has 0 aliphatic rings. The fourth-order valence-corrected chi connectivity index (χ4v) is 1.51. The predicted molar refractivity (Wildman–Crippen MR) is 67.0 cm³/mol. The molecule has 0 fully saturated rings. The summed E-state index contributed by atoms with van der Waals surface area (Å²) in [7, 11) is 3.08. The zero-order chi connectivity index (χ0) is 13.7. The number of likely N-dealkylation sites (N-methyl/N-ethyl adjacent to an activating group) is 1. The van der Waals surface area contributed by atoms with Gasteiger partial charge in [-0.15, -0.1) is 0 Å². The van der Waals surface area contributed by atoms with Gasteiger partial charge in [0.2, 0.25) is 0 Å². The van der Waals surface area contributed by atoms with E-state index < -0.39 is 5.82 Å². The Bertz CT molecular complexity index is 432. The molecule has 0 atom stereocenters. The van der Waals surface area contributed by atoms with Gasteiger partial charge >= 0.3 is 0 Å². The predicted octanol–water partition coefficient (Wildman–Crippen LogP) is 2.02. The summed E-state index contributed by atoms with van der Waals surface area (Å²) >= 11 is 0. The second-order valence-electron chi connectivity index (χ2n) is 4.10. The van der Waals surface area contributed by atoms with E-state index in [0.29, 0.717) is 11.5 Å². The number of carbonyl (C=O) groups excluding carboxylic acids is 1. The van der Waals surface area contributed by atoms with E-state index in [-0.39, 0.29) is 24.0 Å². The van der Waals surface area contributed by atoms with Crippen molar-refractivity contribution in [2.45, 2.75) is 20.0 Å². The van der Waals surface area contributed by atoms with E-state index in [0.717, 1.165) is 0 Å². The van der Waals surface area contributed by atoms with Crippen LogP contribution in [0.25, 0.3) is 0 Å². The summed E-state index contributed by atoms with van der Waals surface area (Å²) in [6.45, 7) is 3.74. The smallest absolute Gasteiger partial charge is 0.179 e. The Hall–Kier alpha value is -1.62. The van der Waals surface area contributed by atoms with Gasteiger partial charge < -0.3 is 14.8 Å². The van der Waals surface area contributed by atoms with Crippen molar-refractivity contribution in [3.8, 4) is 11.5 Å². The molecule has 1 N–H and O–H groups in total. The van der Waals surface area contributed by atoms with Crippen LogP contribution in [0.15, 0.2) is 12.1 Å². The Kier molecular flexibility index (Phi) is 5.09. The van der Waals surface area contributed by atoms with Crippen molar-refractivity contribution in [3.63, 3.8) is 0 Å². The molecule has 100 valence electrons. The molecular formula is C13H18FNO3. The maximum atomic E-state index is 13.8. The number of nitrogens with one attached hydrogen (secondary N) is 1. The summed E-state index contributed by atoms with van der Waals surface area (Å²) in [5.41, 5.74) is -0.00249. The topological polar surface area (TPSA) is 47.6 Å². The highest BCUT2D eigenvalue weighted by Gasteiger charge is 2.17. The normalized spacial score (nSPS) is 10.6. The molecule has 18 heavy (non-hydrogen) atoms. The molecule has 0 heterocycles. The molecule has 0 radical (unpaired) electrons. The molecule has 0 saturated heterocycles. The van der Waals surface area contributed by atoms with Crippen LogP contribution in [-0.4, -0.2) is 32.6 Å². The molecule has 0 unspecified atom stereocenters. The van der Waals surface area contributed by atoms with Crippen molar-refractivity contribution in [2.75, 3.05) is 20.7 Å². The largest absolute Gasteiger partial charge is 0.493 e. The van der Waals surface area contributed by atoms with Crippen molar-refractivity contribution < 1.29 is 18.7 Å². The number of ether oxygens (including phenoxy) is 2. The minimum Gasteiger partial charge on any atom is -0.493 e. The third-order valence-corrected chi connectivity index (χ3v) is 2.25. The van der Waals surface area contributed by atoms with Gasteiger partial charge in [-0.05, 0) is 27.0 Å². The molecule has 0 saturated carbocycles. The van der Waals surface area contributed by atoms with E-state index in [1.807, 2.05) is 13.8 Å². The first kappa shape index (κ1) is 14.4. The third kappa shape index (κ3) is 3.43. The summed E-state index contributed by atoms with van der Waals surface area (Å²) in [6.07, 6.45) is -0.0999. The molecule has 0 amide bonds. The number of rotatable bonds is 6. The molecule has 0 aliphatic heterocycles. The van der Waals surface area contributed by atoms with Gasteiger partial charge in [0.05, 0.1) is 25.3 Å². The van der Waals surface area contributed by atoms with Crippen molar-refractivity contribution in [3.05, 3.63) is 23.5 Å². The highest BCUT2D eigenvalue weighted by atomic mass is 19.1. The molecule has 0 aliphatic carbocycles. The van der Waals surface area contributed by atoms with Crippen LogP contribution in [0.5, 0.6) is 11.5 Å². The molecule has 1 aromatic carbocycles. The van der Waals surface area contributed by atoms with Crippen LogP contribution in [-0.2, 0) is 0 Å². The number of hydrogen-bond donors (Lipinski definition) is 1. The quantitative estimate of drug-likeness (QED) is 0.790. The van der Waals surface area contributed by atoms with Gasteiger partial charge in [-0.25, -0.2) is 4.39 Å². The number of benzene rings is 1. The van der Waals surface area contributed by atoms with Gasteiger partial charge in [-0.3, -0.25) is 4.79 Å². The molecule has 0 spiro atoms. The highest BCUT2D eigenvalue weighted by Crippen LogP contribution is 2.31. The van der Waals surface area contributed by atoms with Crippen molar-refractivity contribution in [1.82, 2.24) is 5.32 Å². The molecule has 1 aromatic rings. The Balaban J connectivity index is 3.13. The average molecular weight is 255 g/mol. The van der Waals surface area contributed by atoms with E-state index in [4.69, 9.17) is 9.47 Å². The Labute approximate surface area is 106 Å². The SMILES string of the molecule is CNCC(=O)c1cc(OC)c(OC(C)C)cc1F. The fourth-order valence-electron chi connectivity index (χ4n) is 1.51. The Morgan fingerprint density at radius 1 is 1.39 bits per heavy atom. The summed E-state index contributed by atoms with van der Waals surface area (Å²) in [6, 6.07) is 2.55. The van der Waals surface area contributed by atoms with E-state index in [2.05, 4.69) is 5.32 Å². The van der Waals surface area contributed by atoms with Gasteiger partial charge in [0.1, 0.15) is 5.82 Å². The van der Waals surface area contributed by atoms with Gasteiger partial charge in [0.25, 0.3) is 0 Å². The zero-order valence-corrected chi connectivity index (χ0v) is 11.0. The van der Waals surface area contributed by atoms with Gasteiger partial charge in [0, 0.05) is 6.07 Å². The molecule has 4 nitrogen and oxygen atoms in total. The van der Waals surface area contributed by atoms with Gasteiger partial charge in [-0.2, -0.15) is 0 Å². The third-order valence-electron chi connectivity index (χ3n) is 2.25. The lowest BCUT2D eigenvalue weighted by atomic mass is 10.1. The second kappa shape index (κ2) is 6.35. The molecule has 5 heteroatoms. The van der Waals surface area contributed by atoms with E-state index >= 15 is 0 Å². The van der Waals surface area contributed by atoms with E-state index in [1.54, 1.807) is 7.05 Å². The van der Waals surface area contributed by atoms with Crippen molar-refractivity contribution >= 4 is 5.78 Å². The monoisotopic (exact) mass is 255 g/mol. The van der Waals surface area contributed by atoms with Crippen LogP contribution < -0.4 is 14.8 Å². The standard InChI is InChI=1S/C13H18FNO3/c1-8(2)18-13-6-10(14)9(5-12(13)17-4)11(16)7-15-3/h5-6,8,15H,7H2,1-4H3. The maximum Gasteiger partial charge on any atom is 0.179 e. The van der Waals surface area contributed by atoms with E-state index in [1.165, 1.54) is 19.2 Å². The summed E-state index contributed by atoms with van der Waals surface area (Å²) in [4.78, 5) is 11.7. The minimum absolute atomic E-state index is 0.00249. The Morgan fingerprint density at radius 2 is 2.06 bits per heavy atom. The zero-order valence-electron chi connectivity index (χ0n) is 11.0. The van der Waals surface area contributed by atoms with Crippen molar-refractivity contribution in [1.29, 1.82) is 0 Å². The maximum absolute atomic E-state index is 13.8. The number of hydrogen-bond acceptors (Lipinski definition) is 4. The van der Waals surface area contributed by atoms with Crippen LogP contribution in [0.1, 0.15) is 24.2 Å². The summed E-state index contributed by atoms with van der Waals surface area (Å²) in [5, 5.41) is 2.69. The molecular weight excluding hydrogens is 237 g/mol. The van der Waals surface area contributed by atoms with Crippen LogP contribution in [0.3, 0.4) is 0 Å². The van der Waals surface area contributed by atoms with Gasteiger partial charge in [0.15, 0.2) is 17.3 Å². The lowest BCUT2D eigenvalue weighted by molar-refractivity contribution is 0.0989. The van der Waals surface area contributed by atoms with Crippen LogP contribution in [0, 0.1) is 5.82 Å². The first-order valence-electron chi connectivity index (χ1n) is 5.71. The fraction of sp³-hybridized carbons (Fsp3) is 0.462. The number of methoxy groups -OCH3 is 1. The molecule has 0 aromatic heterocycles. The van der Waals surface area contributed by atoms with Gasteiger partial charge in [-0.1, -0.05) is 0 Å². The lowest BCUT2D eigenvalue weighted by Gasteiger charge is -2.15. The number of carbonyl (C=O) groups is 1. The lowest BCUT2D eigenvalue weighted by Crippen LogP contribution is -2.20. The van der Waals surface area contributed by atoms with Crippen LogP contribution in [0.4, 0.5) is 4.39 Å².